The Morgan fingerprint density at radius 3 is 2.50 bits per heavy atom. The zero-order valence-corrected chi connectivity index (χ0v) is 12.9. The van der Waals surface area contributed by atoms with Crippen LogP contribution in [0.2, 0.25) is 0 Å². The van der Waals surface area contributed by atoms with E-state index in [4.69, 9.17) is 0 Å². The van der Waals surface area contributed by atoms with Crippen LogP contribution in [-0.4, -0.2) is 46.1 Å². The maximum absolute atomic E-state index is 12.2. The third-order valence-corrected chi connectivity index (χ3v) is 5.23. The first kappa shape index (κ1) is 14.1. The fourth-order valence-corrected chi connectivity index (χ4v) is 4.41. The van der Waals surface area contributed by atoms with Crippen LogP contribution in [0.4, 0.5) is 0 Å². The molecule has 1 heterocycles. The molecule has 1 rings (SSSR count). The minimum atomic E-state index is -3.54. The summed E-state index contributed by atoms with van der Waals surface area (Å²) in [6, 6.07) is 0. The van der Waals surface area contributed by atoms with Crippen molar-refractivity contribution in [3.8, 4) is 0 Å². The average Bonchev–Trinajstić information content (AvgIpc) is 2.55. The van der Waals surface area contributed by atoms with Gasteiger partial charge in [-0.2, -0.15) is 4.31 Å². The van der Waals surface area contributed by atoms with Crippen molar-refractivity contribution in [3.63, 3.8) is 0 Å². The van der Waals surface area contributed by atoms with Crippen LogP contribution in [-0.2, 0) is 17.1 Å². The first-order chi connectivity index (χ1) is 7.45. The first-order valence-electron chi connectivity index (χ1n) is 4.56. The number of aryl methyl sites for hydroxylation is 1. The van der Waals surface area contributed by atoms with Crippen LogP contribution in [0, 0.1) is 0 Å². The van der Waals surface area contributed by atoms with Gasteiger partial charge in [-0.05, 0) is 15.9 Å². The van der Waals surface area contributed by atoms with Gasteiger partial charge < -0.3 is 0 Å². The molecule has 0 aliphatic heterocycles. The van der Waals surface area contributed by atoms with Crippen molar-refractivity contribution < 1.29 is 8.42 Å². The lowest BCUT2D eigenvalue weighted by Crippen LogP contribution is -2.34. The van der Waals surface area contributed by atoms with Crippen LogP contribution in [0.15, 0.2) is 9.63 Å². The fourth-order valence-electron chi connectivity index (χ4n) is 1.26. The van der Waals surface area contributed by atoms with Crippen molar-refractivity contribution in [2.24, 2.45) is 7.05 Å². The van der Waals surface area contributed by atoms with E-state index in [1.165, 1.54) is 8.99 Å². The molecule has 1 aromatic heterocycles. The molecule has 92 valence electrons. The molecule has 6 nitrogen and oxygen atoms in total. The summed E-state index contributed by atoms with van der Waals surface area (Å²) in [6.07, 6.45) is 0. The highest BCUT2D eigenvalue weighted by Gasteiger charge is 2.29. The summed E-state index contributed by atoms with van der Waals surface area (Å²) in [6.45, 7) is 2.61. The zero-order chi connectivity index (χ0) is 12.3. The van der Waals surface area contributed by atoms with Gasteiger partial charge in [0.05, 0.1) is 0 Å². The van der Waals surface area contributed by atoms with Crippen molar-refractivity contribution >= 4 is 41.9 Å². The Labute approximate surface area is 111 Å². The summed E-state index contributed by atoms with van der Waals surface area (Å²) in [7, 11) is -1.99. The van der Waals surface area contributed by atoms with E-state index in [9.17, 15) is 8.42 Å². The number of rotatable bonds is 5. The third kappa shape index (κ3) is 2.63. The maximum atomic E-state index is 12.2. The molecule has 9 heteroatoms. The largest absolute Gasteiger partial charge is 0.263 e. The summed E-state index contributed by atoms with van der Waals surface area (Å²) in [4.78, 5) is 0. The van der Waals surface area contributed by atoms with Crippen LogP contribution < -0.4 is 0 Å². The predicted octanol–water partition coefficient (Wildman–Crippen LogP) is 0.983. The molecule has 1 aromatic rings. The lowest BCUT2D eigenvalue weighted by Gasteiger charge is -2.18. The molecular formula is C7H12Br2N4O2S. The van der Waals surface area contributed by atoms with Crippen LogP contribution in [0.3, 0.4) is 0 Å². The summed E-state index contributed by atoms with van der Waals surface area (Å²) >= 11 is 6.32. The van der Waals surface area contributed by atoms with Gasteiger partial charge in [-0.1, -0.05) is 28.1 Å². The van der Waals surface area contributed by atoms with Gasteiger partial charge in [0.15, 0.2) is 4.60 Å². The Morgan fingerprint density at radius 2 is 2.12 bits per heavy atom. The van der Waals surface area contributed by atoms with E-state index in [1.807, 2.05) is 0 Å². The lowest BCUT2D eigenvalue weighted by molar-refractivity contribution is 0.440. The second-order valence-electron chi connectivity index (χ2n) is 2.99. The minimum Gasteiger partial charge on any atom is -0.235 e. The van der Waals surface area contributed by atoms with Crippen LogP contribution in [0.5, 0.6) is 0 Å². The monoisotopic (exact) mass is 374 g/mol. The molecule has 0 bridgehead atoms. The van der Waals surface area contributed by atoms with Crippen molar-refractivity contribution in [1.82, 2.24) is 19.3 Å². The first-order valence-corrected chi connectivity index (χ1v) is 7.91. The molecule has 0 amide bonds. The Morgan fingerprint density at radius 1 is 1.50 bits per heavy atom. The van der Waals surface area contributed by atoms with Crippen molar-refractivity contribution in [2.45, 2.75) is 11.9 Å². The van der Waals surface area contributed by atoms with E-state index in [0.29, 0.717) is 18.4 Å². The molecular weight excluding hydrogens is 364 g/mol. The van der Waals surface area contributed by atoms with Crippen molar-refractivity contribution in [2.75, 3.05) is 18.4 Å². The number of nitrogens with zero attached hydrogens (tertiary/aromatic N) is 4. The molecule has 0 aliphatic carbocycles. The maximum Gasteiger partial charge on any atom is 0.263 e. The van der Waals surface area contributed by atoms with Crippen molar-refractivity contribution in [3.05, 3.63) is 4.60 Å². The van der Waals surface area contributed by atoms with Crippen LogP contribution in [0.25, 0.3) is 0 Å². The standard InChI is InChI=1S/C7H12Br2N4O2S/c1-3-13(5-4-8)16(14,15)7-6(9)10-11-12(7)2/h3-5H2,1-2H3. The summed E-state index contributed by atoms with van der Waals surface area (Å²) in [5.41, 5.74) is 0. The second-order valence-corrected chi connectivity index (χ2v) is 6.39. The van der Waals surface area contributed by atoms with Crippen molar-refractivity contribution in [1.29, 1.82) is 0 Å². The number of sulfonamides is 1. The number of alkyl halides is 1. The van der Waals surface area contributed by atoms with E-state index in [-0.39, 0.29) is 9.63 Å². The molecule has 0 aliphatic rings. The highest BCUT2D eigenvalue weighted by Crippen LogP contribution is 2.21. The number of aromatic nitrogens is 3. The molecule has 0 spiro atoms. The van der Waals surface area contributed by atoms with Gasteiger partial charge in [-0.3, -0.25) is 0 Å². The highest BCUT2D eigenvalue weighted by atomic mass is 79.9. The Kier molecular flexibility index (Phi) is 4.89. The third-order valence-electron chi connectivity index (χ3n) is 2.01. The summed E-state index contributed by atoms with van der Waals surface area (Å²) in [5, 5.41) is 8.00. The SMILES string of the molecule is CCN(CCBr)S(=O)(=O)c1c(Br)nnn1C. The summed E-state index contributed by atoms with van der Waals surface area (Å²) < 4.78 is 27.3. The predicted molar refractivity (Wildman–Crippen MR) is 66.9 cm³/mol. The Hall–Kier alpha value is 0.0100. The molecule has 0 fully saturated rings. The minimum absolute atomic E-state index is 0.0790. The number of hydrogen-bond acceptors (Lipinski definition) is 4. The van der Waals surface area contributed by atoms with Crippen LogP contribution >= 0.6 is 31.9 Å². The zero-order valence-electron chi connectivity index (χ0n) is 8.89. The van der Waals surface area contributed by atoms with Crippen LogP contribution in [0.1, 0.15) is 6.92 Å². The highest BCUT2D eigenvalue weighted by molar-refractivity contribution is 9.10. The van der Waals surface area contributed by atoms with Gasteiger partial charge in [0.1, 0.15) is 0 Å². The fraction of sp³-hybridized carbons (Fsp3) is 0.714. The van der Waals surface area contributed by atoms with Gasteiger partial charge in [0.25, 0.3) is 10.0 Å². The normalized spacial score (nSPS) is 12.3. The summed E-state index contributed by atoms with van der Waals surface area (Å²) in [5.74, 6) is 0. The van der Waals surface area contributed by atoms with Gasteiger partial charge >= 0.3 is 0 Å². The quantitative estimate of drug-likeness (QED) is 0.719. The molecule has 0 N–H and O–H groups in total. The number of hydrogen-bond donors (Lipinski definition) is 0. The number of halogens is 2. The topological polar surface area (TPSA) is 68.1 Å². The lowest BCUT2D eigenvalue weighted by atomic mass is 10.7. The van der Waals surface area contributed by atoms with Gasteiger partial charge in [0, 0.05) is 25.5 Å². The average molecular weight is 376 g/mol. The van der Waals surface area contributed by atoms with E-state index < -0.39 is 10.0 Å². The molecule has 16 heavy (non-hydrogen) atoms. The Balaban J connectivity index is 3.20. The van der Waals surface area contributed by atoms with E-state index in [2.05, 4.69) is 42.2 Å². The second kappa shape index (κ2) is 5.56. The Bertz CT molecular complexity index is 439. The molecule has 0 unspecified atom stereocenters. The smallest absolute Gasteiger partial charge is 0.235 e. The molecule has 0 saturated heterocycles. The molecule has 0 radical (unpaired) electrons. The van der Waals surface area contributed by atoms with E-state index >= 15 is 0 Å². The molecule has 0 aromatic carbocycles. The van der Waals surface area contributed by atoms with Gasteiger partial charge in [0.2, 0.25) is 5.03 Å². The molecule has 0 saturated carbocycles. The van der Waals surface area contributed by atoms with Gasteiger partial charge in [-0.25, -0.2) is 13.1 Å². The van der Waals surface area contributed by atoms with Gasteiger partial charge in [-0.15, -0.1) is 5.10 Å². The van der Waals surface area contributed by atoms with E-state index in [0.717, 1.165) is 0 Å². The molecule has 0 atom stereocenters. The van der Waals surface area contributed by atoms with E-state index in [1.54, 1.807) is 14.0 Å².